The maximum absolute atomic E-state index is 12.5. The molecule has 134 valence electrons. The summed E-state index contributed by atoms with van der Waals surface area (Å²) in [6, 6.07) is 7.54. The third-order valence-electron chi connectivity index (χ3n) is 3.25. The molecular formula is C18H21NO4S2. The Morgan fingerprint density at radius 2 is 2.16 bits per heavy atom. The zero-order valence-electron chi connectivity index (χ0n) is 14.5. The zero-order valence-corrected chi connectivity index (χ0v) is 16.1. The highest BCUT2D eigenvalue weighted by atomic mass is 32.2. The van der Waals surface area contributed by atoms with Crippen LogP contribution < -0.4 is 4.74 Å². The molecule has 0 aromatic heterocycles. The van der Waals surface area contributed by atoms with Crippen molar-refractivity contribution >= 4 is 46.3 Å². The summed E-state index contributed by atoms with van der Waals surface area (Å²) in [7, 11) is 0. The van der Waals surface area contributed by atoms with Crippen LogP contribution in [0.5, 0.6) is 5.75 Å². The summed E-state index contributed by atoms with van der Waals surface area (Å²) in [5, 5.41) is 0. The van der Waals surface area contributed by atoms with E-state index in [1.807, 2.05) is 38.1 Å². The topological polar surface area (TPSA) is 55.8 Å². The highest BCUT2D eigenvalue weighted by Crippen LogP contribution is 2.33. The van der Waals surface area contributed by atoms with Gasteiger partial charge in [0.15, 0.2) is 0 Å². The molecule has 1 saturated heterocycles. The molecule has 0 bridgehead atoms. The largest absolute Gasteiger partial charge is 0.491 e. The van der Waals surface area contributed by atoms with Gasteiger partial charge in [0, 0.05) is 6.54 Å². The van der Waals surface area contributed by atoms with E-state index in [9.17, 15) is 9.59 Å². The van der Waals surface area contributed by atoms with Gasteiger partial charge in [-0.1, -0.05) is 36.1 Å². The number of ether oxygens (including phenoxy) is 2. The Morgan fingerprint density at radius 1 is 1.40 bits per heavy atom. The van der Waals surface area contributed by atoms with Crippen LogP contribution in [0.1, 0.15) is 32.8 Å². The molecule has 1 aromatic rings. The van der Waals surface area contributed by atoms with E-state index in [2.05, 4.69) is 0 Å². The predicted octanol–water partition coefficient (Wildman–Crippen LogP) is 3.63. The van der Waals surface area contributed by atoms with Gasteiger partial charge in [-0.3, -0.25) is 14.5 Å². The van der Waals surface area contributed by atoms with Gasteiger partial charge in [0.2, 0.25) is 0 Å². The Hall–Kier alpha value is -1.86. The third-order valence-corrected chi connectivity index (χ3v) is 4.62. The lowest BCUT2D eigenvalue weighted by Crippen LogP contribution is -2.30. The Balaban J connectivity index is 2.08. The zero-order chi connectivity index (χ0) is 18.4. The van der Waals surface area contributed by atoms with Crippen molar-refractivity contribution in [2.75, 3.05) is 13.2 Å². The van der Waals surface area contributed by atoms with E-state index in [0.29, 0.717) is 15.8 Å². The number of hydrogen-bond donors (Lipinski definition) is 0. The first-order valence-electron chi connectivity index (χ1n) is 8.08. The lowest BCUT2D eigenvalue weighted by molar-refractivity contribution is -0.143. The lowest BCUT2D eigenvalue weighted by Gasteiger charge is -2.13. The van der Waals surface area contributed by atoms with Gasteiger partial charge in [-0.15, -0.1) is 0 Å². The van der Waals surface area contributed by atoms with Crippen LogP contribution in [-0.2, 0) is 14.3 Å². The molecule has 2 rings (SSSR count). The van der Waals surface area contributed by atoms with Gasteiger partial charge < -0.3 is 9.47 Å². The number of nitrogens with zero attached hydrogens (tertiary/aromatic N) is 1. The van der Waals surface area contributed by atoms with E-state index in [4.69, 9.17) is 21.7 Å². The van der Waals surface area contributed by atoms with Crippen LogP contribution in [-0.4, -0.2) is 40.4 Å². The van der Waals surface area contributed by atoms with Crippen molar-refractivity contribution in [2.24, 2.45) is 0 Å². The van der Waals surface area contributed by atoms with Crippen LogP contribution in [0.3, 0.4) is 0 Å². The molecule has 0 saturated carbocycles. The number of thiocarbonyl (C=S) groups is 1. The first-order chi connectivity index (χ1) is 11.9. The summed E-state index contributed by atoms with van der Waals surface area (Å²) >= 11 is 6.50. The number of benzene rings is 1. The molecule has 0 aliphatic carbocycles. The van der Waals surface area contributed by atoms with Gasteiger partial charge in [0.05, 0.1) is 24.0 Å². The Labute approximate surface area is 157 Å². The maximum atomic E-state index is 12.5. The number of carbonyl (C=O) groups is 2. The summed E-state index contributed by atoms with van der Waals surface area (Å²) < 4.78 is 11.0. The maximum Gasteiger partial charge on any atom is 0.307 e. The average molecular weight is 380 g/mol. The molecule has 0 spiro atoms. The molecule has 7 heteroatoms. The van der Waals surface area contributed by atoms with E-state index in [1.165, 1.54) is 16.7 Å². The quantitative estimate of drug-likeness (QED) is 0.410. The first-order valence-corrected chi connectivity index (χ1v) is 9.31. The first kappa shape index (κ1) is 19.5. The van der Waals surface area contributed by atoms with Gasteiger partial charge in [-0.05, 0) is 44.5 Å². The monoisotopic (exact) mass is 379 g/mol. The normalized spacial score (nSPS) is 16.0. The van der Waals surface area contributed by atoms with Crippen LogP contribution >= 0.6 is 24.0 Å². The van der Waals surface area contributed by atoms with Crippen molar-refractivity contribution in [1.29, 1.82) is 0 Å². The molecule has 0 radical (unpaired) electrons. The van der Waals surface area contributed by atoms with E-state index >= 15 is 0 Å². The number of amides is 1. The Morgan fingerprint density at radius 3 is 2.84 bits per heavy atom. The van der Waals surface area contributed by atoms with E-state index in [1.54, 1.807) is 13.0 Å². The van der Waals surface area contributed by atoms with Gasteiger partial charge in [-0.25, -0.2) is 0 Å². The van der Waals surface area contributed by atoms with Crippen molar-refractivity contribution in [3.8, 4) is 5.75 Å². The van der Waals surface area contributed by atoms with Gasteiger partial charge in [0.1, 0.15) is 10.1 Å². The number of hydrogen-bond acceptors (Lipinski definition) is 6. The van der Waals surface area contributed by atoms with Crippen LogP contribution in [0.15, 0.2) is 29.2 Å². The number of thioether (sulfide) groups is 1. The molecule has 1 heterocycles. The molecule has 1 fully saturated rings. The summed E-state index contributed by atoms with van der Waals surface area (Å²) in [6.45, 7) is 6.23. The summed E-state index contributed by atoms with van der Waals surface area (Å²) in [5.41, 5.74) is 0.865. The van der Waals surface area contributed by atoms with Crippen LogP contribution in [0.25, 0.3) is 6.08 Å². The molecule has 0 atom stereocenters. The van der Waals surface area contributed by atoms with E-state index in [-0.39, 0.29) is 30.9 Å². The second-order valence-corrected chi connectivity index (χ2v) is 7.30. The molecule has 0 unspecified atom stereocenters. The number of carbonyl (C=O) groups excluding carboxylic acids is 2. The highest BCUT2D eigenvalue weighted by molar-refractivity contribution is 8.26. The van der Waals surface area contributed by atoms with Crippen LogP contribution in [0, 0.1) is 0 Å². The van der Waals surface area contributed by atoms with Crippen LogP contribution in [0.2, 0.25) is 0 Å². The fraction of sp³-hybridized carbons (Fsp3) is 0.389. The molecule has 1 aromatic carbocycles. The second-order valence-electron chi connectivity index (χ2n) is 5.63. The lowest BCUT2D eigenvalue weighted by atomic mass is 10.2. The third kappa shape index (κ3) is 5.57. The van der Waals surface area contributed by atoms with Crippen molar-refractivity contribution in [3.05, 3.63) is 34.7 Å². The second kappa shape index (κ2) is 9.01. The summed E-state index contributed by atoms with van der Waals surface area (Å²) in [4.78, 5) is 26.0. The molecule has 1 aliphatic heterocycles. The van der Waals surface area contributed by atoms with Crippen molar-refractivity contribution in [1.82, 2.24) is 4.90 Å². The fourth-order valence-corrected chi connectivity index (χ4v) is 3.54. The minimum Gasteiger partial charge on any atom is -0.491 e. The van der Waals surface area contributed by atoms with Gasteiger partial charge >= 0.3 is 5.97 Å². The standard InChI is InChI=1S/C18H21NO4S2/c1-4-22-16(20)8-9-19-17(21)15(25-18(19)24)11-13-6-5-7-14(10-13)23-12(2)3/h5-7,10-12H,4,8-9H2,1-3H3/b15-11+. The van der Waals surface area contributed by atoms with E-state index in [0.717, 1.165) is 11.3 Å². The minimum atomic E-state index is -0.334. The number of rotatable bonds is 7. The van der Waals surface area contributed by atoms with Crippen LogP contribution in [0.4, 0.5) is 0 Å². The predicted molar refractivity (Wildman–Crippen MR) is 103 cm³/mol. The van der Waals surface area contributed by atoms with Crippen molar-refractivity contribution in [3.63, 3.8) is 0 Å². The SMILES string of the molecule is CCOC(=O)CCN1C(=O)/C(=C\c2cccc(OC(C)C)c2)SC1=S. The van der Waals surface area contributed by atoms with E-state index < -0.39 is 0 Å². The Kier molecular flexibility index (Phi) is 7.01. The van der Waals surface area contributed by atoms with Crippen molar-refractivity contribution < 1.29 is 19.1 Å². The van der Waals surface area contributed by atoms with Crippen molar-refractivity contribution in [2.45, 2.75) is 33.3 Å². The Bertz CT molecular complexity index is 700. The smallest absolute Gasteiger partial charge is 0.307 e. The molecule has 0 N–H and O–H groups in total. The molecule has 1 aliphatic rings. The molecule has 5 nitrogen and oxygen atoms in total. The molecule has 25 heavy (non-hydrogen) atoms. The number of esters is 1. The summed E-state index contributed by atoms with van der Waals surface area (Å²) in [6.07, 6.45) is 2.00. The molecule has 1 amide bonds. The molecular weight excluding hydrogens is 358 g/mol. The van der Waals surface area contributed by atoms with Gasteiger partial charge in [0.25, 0.3) is 5.91 Å². The minimum absolute atomic E-state index is 0.0799. The fourth-order valence-electron chi connectivity index (χ4n) is 2.23. The summed E-state index contributed by atoms with van der Waals surface area (Å²) in [5.74, 6) is 0.232. The van der Waals surface area contributed by atoms with Gasteiger partial charge in [-0.2, -0.15) is 0 Å². The average Bonchev–Trinajstić information content (AvgIpc) is 2.79. The highest BCUT2D eigenvalue weighted by Gasteiger charge is 2.32.